The van der Waals surface area contributed by atoms with Gasteiger partial charge in [0.1, 0.15) is 11.5 Å². The van der Waals surface area contributed by atoms with Crippen LogP contribution in [0.2, 0.25) is 5.02 Å². The minimum atomic E-state index is -0.714. The van der Waals surface area contributed by atoms with Gasteiger partial charge in [0.15, 0.2) is 0 Å². The van der Waals surface area contributed by atoms with Crippen LogP contribution in [-0.4, -0.2) is 65.4 Å². The minimum absolute atomic E-state index is 0.0429. The fraction of sp³-hybridized carbons (Fsp3) is 0.348. The maximum Gasteiger partial charge on any atom is 0.295 e. The van der Waals surface area contributed by atoms with E-state index in [0.717, 1.165) is 6.54 Å². The Labute approximate surface area is 186 Å². The molecule has 164 valence electrons. The first-order valence-corrected chi connectivity index (χ1v) is 10.5. The topological polar surface area (TPSA) is 83.0 Å². The molecule has 8 heteroatoms. The van der Waals surface area contributed by atoms with Crippen LogP contribution in [0.4, 0.5) is 0 Å². The molecule has 1 fully saturated rings. The molecule has 1 N–H and O–H groups in total. The third-order valence-corrected chi connectivity index (χ3v) is 5.37. The van der Waals surface area contributed by atoms with E-state index >= 15 is 0 Å². The van der Waals surface area contributed by atoms with Gasteiger partial charge in [-0.15, -0.1) is 0 Å². The van der Waals surface area contributed by atoms with E-state index in [-0.39, 0.29) is 11.3 Å². The van der Waals surface area contributed by atoms with Crippen LogP contribution in [0.25, 0.3) is 5.76 Å². The van der Waals surface area contributed by atoms with E-state index in [0.29, 0.717) is 41.5 Å². The number of likely N-dealkylation sites (tertiary alicyclic amines) is 1. The summed E-state index contributed by atoms with van der Waals surface area (Å²) >= 11 is 6.27. The lowest BCUT2D eigenvalue weighted by Gasteiger charge is -2.25. The first kappa shape index (κ1) is 22.8. The van der Waals surface area contributed by atoms with Gasteiger partial charge in [-0.1, -0.05) is 11.6 Å². The van der Waals surface area contributed by atoms with Crippen LogP contribution in [0.1, 0.15) is 30.5 Å². The van der Waals surface area contributed by atoms with Gasteiger partial charge in [0.05, 0.1) is 23.2 Å². The number of carbonyl (C=O) groups excluding carboxylic acids is 2. The molecule has 1 amide bonds. The molecule has 7 nitrogen and oxygen atoms in total. The molecule has 2 aromatic rings. The van der Waals surface area contributed by atoms with Gasteiger partial charge in [-0.2, -0.15) is 0 Å². The number of ketones is 1. The number of amides is 1. The molecule has 1 aliphatic heterocycles. The van der Waals surface area contributed by atoms with E-state index < -0.39 is 17.7 Å². The van der Waals surface area contributed by atoms with Crippen molar-refractivity contribution in [3.8, 4) is 5.75 Å². The number of Topliss-reactive ketones (excluding diaryl/α,β-unsaturated/α-hetero) is 1. The Bertz CT molecular complexity index is 992. The average Bonchev–Trinajstić information content (AvgIpc) is 3.00. The number of ether oxygens (including phenoxy) is 1. The summed E-state index contributed by atoms with van der Waals surface area (Å²) in [6.45, 7) is 3.44. The predicted octanol–water partition coefficient (Wildman–Crippen LogP) is 3.51. The van der Waals surface area contributed by atoms with Crippen molar-refractivity contribution >= 4 is 29.1 Å². The Kier molecular flexibility index (Phi) is 7.30. The Hall–Kier alpha value is -2.90. The summed E-state index contributed by atoms with van der Waals surface area (Å²) in [4.78, 5) is 33.4. The number of rotatable bonds is 8. The van der Waals surface area contributed by atoms with E-state index in [1.165, 1.54) is 11.0 Å². The summed E-state index contributed by atoms with van der Waals surface area (Å²) in [6.07, 6.45) is 3.89. The highest BCUT2D eigenvalue weighted by Crippen LogP contribution is 2.40. The minimum Gasteiger partial charge on any atom is -0.507 e. The second-order valence-electron chi connectivity index (χ2n) is 7.51. The molecule has 0 saturated carbocycles. The highest BCUT2D eigenvalue weighted by molar-refractivity contribution is 6.46. The molecule has 1 saturated heterocycles. The van der Waals surface area contributed by atoms with Gasteiger partial charge < -0.3 is 19.6 Å². The van der Waals surface area contributed by atoms with Crippen molar-refractivity contribution < 1.29 is 19.4 Å². The number of aliphatic hydroxyl groups is 1. The van der Waals surface area contributed by atoms with Crippen molar-refractivity contribution in [2.45, 2.75) is 19.4 Å². The predicted molar refractivity (Wildman–Crippen MR) is 119 cm³/mol. The van der Waals surface area contributed by atoms with Crippen molar-refractivity contribution in [1.82, 2.24) is 14.8 Å². The number of hydrogen-bond acceptors (Lipinski definition) is 6. The van der Waals surface area contributed by atoms with Crippen LogP contribution in [0.5, 0.6) is 5.75 Å². The maximum absolute atomic E-state index is 13.0. The third kappa shape index (κ3) is 4.89. The number of carbonyl (C=O) groups is 2. The van der Waals surface area contributed by atoms with Crippen molar-refractivity contribution in [2.24, 2.45) is 0 Å². The second-order valence-corrected chi connectivity index (χ2v) is 7.92. The van der Waals surface area contributed by atoms with Gasteiger partial charge in [-0.25, -0.2) is 0 Å². The summed E-state index contributed by atoms with van der Waals surface area (Å²) in [7, 11) is 3.90. The van der Waals surface area contributed by atoms with Gasteiger partial charge in [0.2, 0.25) is 0 Å². The summed E-state index contributed by atoms with van der Waals surface area (Å²) in [5, 5.41) is 11.4. The van der Waals surface area contributed by atoms with E-state index in [4.69, 9.17) is 16.3 Å². The lowest BCUT2D eigenvalue weighted by atomic mass is 9.96. The van der Waals surface area contributed by atoms with E-state index in [9.17, 15) is 14.7 Å². The Morgan fingerprint density at radius 1 is 1.23 bits per heavy atom. The number of pyridine rings is 1. The lowest BCUT2D eigenvalue weighted by molar-refractivity contribution is -0.139. The van der Waals surface area contributed by atoms with E-state index in [1.54, 1.807) is 36.7 Å². The van der Waals surface area contributed by atoms with Crippen molar-refractivity contribution in [3.05, 3.63) is 64.4 Å². The molecule has 1 atom stereocenters. The van der Waals surface area contributed by atoms with E-state index in [2.05, 4.69) is 4.98 Å². The largest absolute Gasteiger partial charge is 0.507 e. The molecular weight excluding hydrogens is 418 g/mol. The van der Waals surface area contributed by atoms with Gasteiger partial charge in [-0.3, -0.25) is 14.6 Å². The second kappa shape index (κ2) is 9.94. The molecule has 0 bridgehead atoms. The highest BCUT2D eigenvalue weighted by Gasteiger charge is 2.45. The SMILES string of the molecule is CCOc1ccc(/C(O)=C2\C(=O)C(=O)N(CCCN(C)C)[C@H]2c2ccncc2)cc1Cl. The number of nitrogens with zero attached hydrogens (tertiary/aromatic N) is 3. The van der Waals surface area contributed by atoms with Crippen molar-refractivity contribution in [3.63, 3.8) is 0 Å². The Balaban J connectivity index is 2.06. The zero-order valence-corrected chi connectivity index (χ0v) is 18.6. The molecular formula is C23H26ClN3O4. The van der Waals surface area contributed by atoms with Crippen LogP contribution in [0.3, 0.4) is 0 Å². The van der Waals surface area contributed by atoms with Crippen LogP contribution in [0.15, 0.2) is 48.3 Å². The molecule has 3 rings (SSSR count). The van der Waals surface area contributed by atoms with Crippen LogP contribution < -0.4 is 4.74 Å². The summed E-state index contributed by atoms with van der Waals surface area (Å²) < 4.78 is 5.44. The van der Waals surface area contributed by atoms with Crippen LogP contribution in [-0.2, 0) is 9.59 Å². The van der Waals surface area contributed by atoms with Crippen molar-refractivity contribution in [2.75, 3.05) is 33.8 Å². The molecule has 0 aliphatic carbocycles. The Morgan fingerprint density at radius 3 is 2.55 bits per heavy atom. The zero-order valence-electron chi connectivity index (χ0n) is 17.8. The monoisotopic (exact) mass is 443 g/mol. The van der Waals surface area contributed by atoms with Gasteiger partial charge in [-0.05, 0) is 69.9 Å². The van der Waals surface area contributed by atoms with Crippen molar-refractivity contribution in [1.29, 1.82) is 0 Å². The third-order valence-electron chi connectivity index (χ3n) is 5.07. The van der Waals surface area contributed by atoms with Crippen LogP contribution in [0, 0.1) is 0 Å². The highest BCUT2D eigenvalue weighted by atomic mass is 35.5. The summed E-state index contributed by atoms with van der Waals surface area (Å²) in [5.74, 6) is -1.12. The normalized spacial score (nSPS) is 18.1. The standard InChI is InChI=1S/C23H26ClN3O4/c1-4-31-18-7-6-16(14-17(18)24)21(28)19-20(15-8-10-25-11-9-15)27(23(30)22(19)29)13-5-12-26(2)3/h6-11,14,20,28H,4-5,12-13H2,1-3H3/b21-19+/t20-/m0/s1. The molecule has 1 aliphatic rings. The first-order chi connectivity index (χ1) is 14.8. The lowest BCUT2D eigenvalue weighted by Crippen LogP contribution is -2.32. The zero-order chi connectivity index (χ0) is 22.5. The molecule has 0 unspecified atom stereocenters. The molecule has 2 heterocycles. The van der Waals surface area contributed by atoms with Gasteiger partial charge in [0, 0.05) is 24.5 Å². The van der Waals surface area contributed by atoms with Crippen LogP contribution >= 0.6 is 11.6 Å². The first-order valence-electron chi connectivity index (χ1n) is 10.1. The van der Waals surface area contributed by atoms with Gasteiger partial charge >= 0.3 is 0 Å². The van der Waals surface area contributed by atoms with Gasteiger partial charge in [0.25, 0.3) is 11.7 Å². The van der Waals surface area contributed by atoms with E-state index in [1.807, 2.05) is 25.9 Å². The number of hydrogen-bond donors (Lipinski definition) is 1. The quantitative estimate of drug-likeness (QED) is 0.382. The Morgan fingerprint density at radius 2 is 1.94 bits per heavy atom. The number of halogens is 1. The number of aliphatic hydroxyl groups excluding tert-OH is 1. The summed E-state index contributed by atoms with van der Waals surface area (Å²) in [5.41, 5.74) is 1.10. The summed E-state index contributed by atoms with van der Waals surface area (Å²) in [6, 6.07) is 7.58. The fourth-order valence-electron chi connectivity index (χ4n) is 3.64. The smallest absolute Gasteiger partial charge is 0.295 e. The molecule has 1 aromatic heterocycles. The molecule has 0 radical (unpaired) electrons. The maximum atomic E-state index is 13.0. The molecule has 1 aromatic carbocycles. The number of aromatic nitrogens is 1. The number of benzene rings is 1. The molecule has 31 heavy (non-hydrogen) atoms. The average molecular weight is 444 g/mol. The fourth-order valence-corrected chi connectivity index (χ4v) is 3.87. The molecule has 0 spiro atoms.